The van der Waals surface area contributed by atoms with Gasteiger partial charge in [-0.25, -0.2) is 0 Å². The Morgan fingerprint density at radius 3 is 2.25 bits per heavy atom. The predicted octanol–water partition coefficient (Wildman–Crippen LogP) is 1.33. The summed E-state index contributed by atoms with van der Waals surface area (Å²) in [6.07, 6.45) is -4.32. The first-order chi connectivity index (χ1) is 5.40. The van der Waals surface area contributed by atoms with Crippen molar-refractivity contribution in [3.63, 3.8) is 0 Å². The van der Waals surface area contributed by atoms with Crippen molar-refractivity contribution in [2.45, 2.75) is 13.1 Å². The largest absolute Gasteiger partial charge is 0.406 e. The minimum absolute atomic E-state index is 0.0545. The molecule has 6 heteroatoms. The summed E-state index contributed by atoms with van der Waals surface area (Å²) >= 11 is 3.60. The smallest absolute Gasteiger partial charge is 0.333 e. The van der Waals surface area contributed by atoms with Crippen molar-refractivity contribution < 1.29 is 18.0 Å². The molecular weight excluding hydrogens is 191 g/mol. The lowest BCUT2D eigenvalue weighted by molar-refractivity contribution is -0.159. The third-order valence-electron chi connectivity index (χ3n) is 1.24. The van der Waals surface area contributed by atoms with Gasteiger partial charge in [0.2, 0.25) is 5.91 Å². The summed E-state index contributed by atoms with van der Waals surface area (Å²) in [6.45, 7) is 0.356. The van der Waals surface area contributed by atoms with E-state index in [1.54, 1.807) is 0 Å². The molecule has 0 aromatic heterocycles. The van der Waals surface area contributed by atoms with E-state index in [1.807, 2.05) is 0 Å². The van der Waals surface area contributed by atoms with Gasteiger partial charge in [0.15, 0.2) is 0 Å². The highest BCUT2D eigenvalue weighted by atomic mass is 32.1. The molecule has 1 amide bonds. The normalized spacial score (nSPS) is 11.4. The highest BCUT2D eigenvalue weighted by Gasteiger charge is 2.31. The van der Waals surface area contributed by atoms with Crippen LogP contribution in [0.25, 0.3) is 0 Å². The SMILES string of the molecule is CCN(CC(F)(F)F)C(=O)CS. The quantitative estimate of drug-likeness (QED) is 0.683. The first-order valence-corrected chi connectivity index (χ1v) is 3.99. The average molecular weight is 201 g/mol. The fourth-order valence-electron chi connectivity index (χ4n) is 0.693. The Morgan fingerprint density at radius 2 is 2.00 bits per heavy atom. The van der Waals surface area contributed by atoms with Crippen LogP contribution in [0.15, 0.2) is 0 Å². The summed E-state index contributed by atoms with van der Waals surface area (Å²) in [4.78, 5) is 11.5. The maximum atomic E-state index is 11.8. The molecule has 2 nitrogen and oxygen atoms in total. The van der Waals surface area contributed by atoms with Gasteiger partial charge in [-0.1, -0.05) is 0 Å². The highest BCUT2D eigenvalue weighted by molar-refractivity contribution is 7.81. The van der Waals surface area contributed by atoms with Crippen LogP contribution in [-0.4, -0.2) is 35.8 Å². The zero-order valence-corrected chi connectivity index (χ0v) is 7.45. The van der Waals surface area contributed by atoms with Gasteiger partial charge in [-0.3, -0.25) is 4.79 Å². The molecule has 0 aliphatic heterocycles. The van der Waals surface area contributed by atoms with Crippen LogP contribution in [0.5, 0.6) is 0 Å². The predicted molar refractivity (Wildman–Crippen MR) is 42.2 cm³/mol. The second-order valence-electron chi connectivity index (χ2n) is 2.18. The number of carbonyl (C=O) groups excluding carboxylic acids is 1. The number of hydrogen-bond acceptors (Lipinski definition) is 2. The van der Waals surface area contributed by atoms with Gasteiger partial charge in [-0.15, -0.1) is 0 Å². The fourth-order valence-corrected chi connectivity index (χ4v) is 0.893. The number of nitrogens with zero attached hydrogens (tertiary/aromatic N) is 1. The maximum absolute atomic E-state index is 11.8. The third kappa shape index (κ3) is 4.48. The van der Waals surface area contributed by atoms with Gasteiger partial charge in [-0.05, 0) is 6.92 Å². The summed E-state index contributed by atoms with van der Waals surface area (Å²) in [5.41, 5.74) is 0. The standard InChI is InChI=1S/C6H10F3NOS/c1-2-10(5(11)3-12)4-6(7,8)9/h12H,2-4H2,1H3. The van der Waals surface area contributed by atoms with Crippen LogP contribution in [-0.2, 0) is 4.79 Å². The molecule has 0 N–H and O–H groups in total. The van der Waals surface area contributed by atoms with E-state index in [9.17, 15) is 18.0 Å². The van der Waals surface area contributed by atoms with Gasteiger partial charge in [0.1, 0.15) is 6.54 Å². The molecule has 0 aromatic rings. The molecule has 0 bridgehead atoms. The molecule has 0 rings (SSSR count). The molecule has 0 fully saturated rings. The lowest BCUT2D eigenvalue weighted by Gasteiger charge is -2.21. The van der Waals surface area contributed by atoms with Crippen LogP contribution in [0, 0.1) is 0 Å². The number of thiol groups is 1. The van der Waals surface area contributed by atoms with Gasteiger partial charge < -0.3 is 4.90 Å². The first kappa shape index (κ1) is 11.6. The van der Waals surface area contributed by atoms with Gasteiger partial charge in [-0.2, -0.15) is 25.8 Å². The summed E-state index contributed by atoms with van der Waals surface area (Å²) in [5.74, 6) is -0.789. The van der Waals surface area contributed by atoms with Crippen LogP contribution in [0.2, 0.25) is 0 Å². The first-order valence-electron chi connectivity index (χ1n) is 3.36. The van der Waals surface area contributed by atoms with E-state index in [2.05, 4.69) is 12.6 Å². The zero-order valence-electron chi connectivity index (χ0n) is 6.56. The lowest BCUT2D eigenvalue weighted by Crippen LogP contribution is -2.39. The van der Waals surface area contributed by atoms with Crippen LogP contribution < -0.4 is 0 Å². The average Bonchev–Trinajstić information content (AvgIpc) is 1.97. The van der Waals surface area contributed by atoms with E-state index in [0.717, 1.165) is 0 Å². The topological polar surface area (TPSA) is 20.3 Å². The van der Waals surface area contributed by atoms with Gasteiger partial charge in [0.25, 0.3) is 0 Å². The van der Waals surface area contributed by atoms with Gasteiger partial charge in [0.05, 0.1) is 5.75 Å². The summed E-state index contributed by atoms with van der Waals surface area (Å²) < 4.78 is 35.3. The van der Waals surface area contributed by atoms with Crippen molar-refractivity contribution in [2.75, 3.05) is 18.8 Å². The van der Waals surface area contributed by atoms with Crippen molar-refractivity contribution >= 4 is 18.5 Å². The van der Waals surface area contributed by atoms with Crippen molar-refractivity contribution in [3.8, 4) is 0 Å². The lowest BCUT2D eigenvalue weighted by atomic mass is 10.4. The van der Waals surface area contributed by atoms with E-state index >= 15 is 0 Å². The molecular formula is C6H10F3NOS. The molecule has 0 aliphatic carbocycles. The fraction of sp³-hybridized carbons (Fsp3) is 0.833. The molecule has 0 saturated carbocycles. The number of halogens is 3. The second-order valence-corrected chi connectivity index (χ2v) is 2.50. The molecule has 0 radical (unpaired) electrons. The van der Waals surface area contributed by atoms with E-state index in [-0.39, 0.29) is 12.3 Å². The minimum Gasteiger partial charge on any atom is -0.333 e. The molecule has 0 saturated heterocycles. The van der Waals surface area contributed by atoms with E-state index in [1.165, 1.54) is 6.92 Å². The molecule has 0 atom stereocenters. The van der Waals surface area contributed by atoms with Crippen LogP contribution in [0.3, 0.4) is 0 Å². The molecule has 72 valence electrons. The summed E-state index contributed by atoms with van der Waals surface area (Å²) in [7, 11) is 0. The molecule has 0 aliphatic rings. The Bertz CT molecular complexity index is 159. The van der Waals surface area contributed by atoms with E-state index in [0.29, 0.717) is 4.90 Å². The second kappa shape index (κ2) is 4.59. The van der Waals surface area contributed by atoms with Crippen molar-refractivity contribution in [2.24, 2.45) is 0 Å². The zero-order chi connectivity index (χ0) is 9.78. The summed E-state index contributed by atoms with van der Waals surface area (Å²) in [5, 5.41) is 0. The number of rotatable bonds is 3. The number of hydrogen-bond donors (Lipinski definition) is 1. The van der Waals surface area contributed by atoms with Gasteiger partial charge >= 0.3 is 6.18 Å². The Hall–Kier alpha value is -0.390. The van der Waals surface area contributed by atoms with Crippen LogP contribution >= 0.6 is 12.6 Å². The minimum atomic E-state index is -4.32. The number of carbonyl (C=O) groups is 1. The molecule has 0 aromatic carbocycles. The summed E-state index contributed by atoms with van der Waals surface area (Å²) in [6, 6.07) is 0. The van der Waals surface area contributed by atoms with Crippen molar-refractivity contribution in [1.82, 2.24) is 4.90 Å². The molecule has 0 spiro atoms. The van der Waals surface area contributed by atoms with Crippen LogP contribution in [0.4, 0.5) is 13.2 Å². The third-order valence-corrected chi connectivity index (χ3v) is 1.51. The monoisotopic (exact) mass is 201 g/mol. The van der Waals surface area contributed by atoms with E-state index < -0.39 is 18.6 Å². The van der Waals surface area contributed by atoms with Crippen molar-refractivity contribution in [1.29, 1.82) is 0 Å². The van der Waals surface area contributed by atoms with Gasteiger partial charge in [0, 0.05) is 6.54 Å². The van der Waals surface area contributed by atoms with E-state index in [4.69, 9.17) is 0 Å². The Labute approximate surface area is 74.1 Å². The number of alkyl halides is 3. The Balaban J connectivity index is 4.09. The van der Waals surface area contributed by atoms with Crippen LogP contribution in [0.1, 0.15) is 6.92 Å². The molecule has 12 heavy (non-hydrogen) atoms. The molecule has 0 unspecified atom stereocenters. The Kier molecular flexibility index (Phi) is 4.44. The Morgan fingerprint density at radius 1 is 1.50 bits per heavy atom. The van der Waals surface area contributed by atoms with Crippen molar-refractivity contribution in [3.05, 3.63) is 0 Å². The maximum Gasteiger partial charge on any atom is 0.406 e. The number of amides is 1. The molecule has 0 heterocycles. The highest BCUT2D eigenvalue weighted by Crippen LogP contribution is 2.16.